The molecule has 0 atom stereocenters. The summed E-state index contributed by atoms with van der Waals surface area (Å²) in [4.78, 5) is 7.53. The molecule has 0 fully saturated rings. The van der Waals surface area contributed by atoms with Gasteiger partial charge in [-0.2, -0.15) is 0 Å². The first-order valence-electron chi connectivity index (χ1n) is 10.4. The van der Waals surface area contributed by atoms with Crippen LogP contribution in [0.25, 0.3) is 0 Å². The van der Waals surface area contributed by atoms with Gasteiger partial charge in [-0.3, -0.25) is 0 Å². The Kier molecular flexibility index (Phi) is 14.6. The zero-order valence-corrected chi connectivity index (χ0v) is 21.8. The van der Waals surface area contributed by atoms with E-state index >= 15 is 0 Å². The number of sulfone groups is 1. The van der Waals surface area contributed by atoms with E-state index in [2.05, 4.69) is 34.4 Å². The lowest BCUT2D eigenvalue weighted by Crippen LogP contribution is -2.39. The van der Waals surface area contributed by atoms with E-state index in [4.69, 9.17) is 0 Å². The monoisotopic (exact) mass is 538 g/mol. The molecular weight excluding hydrogens is 499 g/mol. The lowest BCUT2D eigenvalue weighted by atomic mass is 10.1. The van der Waals surface area contributed by atoms with Crippen molar-refractivity contribution in [3.8, 4) is 0 Å². The van der Waals surface area contributed by atoms with Gasteiger partial charge < -0.3 is 15.5 Å². The maximum absolute atomic E-state index is 11.7. The Morgan fingerprint density at radius 1 is 1.07 bits per heavy atom. The highest BCUT2D eigenvalue weighted by Gasteiger charge is 2.10. The van der Waals surface area contributed by atoms with Gasteiger partial charge in [0.15, 0.2) is 15.8 Å². The van der Waals surface area contributed by atoms with Crippen molar-refractivity contribution in [3.63, 3.8) is 0 Å². The minimum Gasteiger partial charge on any atom is -0.357 e. The Bertz CT molecular complexity index is 717. The summed E-state index contributed by atoms with van der Waals surface area (Å²) in [6.07, 6.45) is 4.69. The molecule has 0 aliphatic carbocycles. The average Bonchev–Trinajstić information content (AvgIpc) is 2.62. The zero-order chi connectivity index (χ0) is 21.0. The summed E-state index contributed by atoms with van der Waals surface area (Å²) in [6, 6.07) is 5.41. The number of benzene rings is 1. The molecule has 0 saturated carbocycles. The molecule has 168 valence electrons. The Hall–Kier alpha value is -0.870. The molecule has 6 nitrogen and oxygen atoms in total. The van der Waals surface area contributed by atoms with E-state index in [-0.39, 0.29) is 24.0 Å². The van der Waals surface area contributed by atoms with Crippen LogP contribution >= 0.6 is 24.0 Å². The van der Waals surface area contributed by atoms with E-state index in [1.807, 2.05) is 26.0 Å². The fraction of sp³-hybridized carbons (Fsp3) is 0.667. The van der Waals surface area contributed by atoms with Crippen LogP contribution in [0.2, 0.25) is 0 Å². The van der Waals surface area contributed by atoms with Crippen LogP contribution in [0.3, 0.4) is 0 Å². The number of aryl methyl sites for hydroxylation is 1. The predicted molar refractivity (Wildman–Crippen MR) is 134 cm³/mol. The Balaban J connectivity index is 0.00000784. The molecule has 0 bridgehead atoms. The number of halogens is 1. The summed E-state index contributed by atoms with van der Waals surface area (Å²) in [5, 5.41) is 6.67. The van der Waals surface area contributed by atoms with Crippen molar-refractivity contribution in [3.05, 3.63) is 29.3 Å². The van der Waals surface area contributed by atoms with Crippen molar-refractivity contribution >= 4 is 39.8 Å². The van der Waals surface area contributed by atoms with Crippen LogP contribution in [-0.2, 0) is 16.4 Å². The Morgan fingerprint density at radius 3 is 2.24 bits per heavy atom. The third-order valence-corrected chi connectivity index (χ3v) is 5.68. The van der Waals surface area contributed by atoms with Gasteiger partial charge in [-0.05, 0) is 69.9 Å². The predicted octanol–water partition coefficient (Wildman–Crippen LogP) is 3.58. The summed E-state index contributed by atoms with van der Waals surface area (Å²) < 4.78 is 23.5. The maximum Gasteiger partial charge on any atom is 0.191 e. The standard InChI is InChI=1S/C21H38N4O2S.HI/c1-6-13-25(14-7-2)15-9-12-23-21(22-8-3)24-17-19-10-11-20(18(4)16-19)28(5,26)27;/h10-11,16H,6-9,12-15,17H2,1-5H3,(H2,22,23,24);1H. The van der Waals surface area contributed by atoms with Gasteiger partial charge in [-0.25, -0.2) is 13.4 Å². The molecule has 0 unspecified atom stereocenters. The first-order chi connectivity index (χ1) is 13.3. The third-order valence-electron chi connectivity index (χ3n) is 4.43. The van der Waals surface area contributed by atoms with Crippen LogP contribution in [0.1, 0.15) is 51.2 Å². The van der Waals surface area contributed by atoms with Gasteiger partial charge in [0.1, 0.15) is 0 Å². The number of rotatable bonds is 12. The van der Waals surface area contributed by atoms with Gasteiger partial charge in [-0.15, -0.1) is 24.0 Å². The van der Waals surface area contributed by atoms with Crippen molar-refractivity contribution < 1.29 is 8.42 Å². The lowest BCUT2D eigenvalue weighted by molar-refractivity contribution is 0.271. The van der Waals surface area contributed by atoms with Crippen LogP contribution < -0.4 is 10.6 Å². The number of aliphatic imine (C=N–C) groups is 1. The summed E-state index contributed by atoms with van der Waals surface area (Å²) in [7, 11) is -3.19. The lowest BCUT2D eigenvalue weighted by Gasteiger charge is -2.21. The molecule has 0 radical (unpaired) electrons. The molecule has 29 heavy (non-hydrogen) atoms. The fourth-order valence-electron chi connectivity index (χ4n) is 3.22. The molecule has 0 amide bonds. The van der Waals surface area contributed by atoms with Gasteiger partial charge >= 0.3 is 0 Å². The van der Waals surface area contributed by atoms with E-state index in [1.54, 1.807) is 6.07 Å². The second kappa shape index (κ2) is 15.0. The average molecular weight is 539 g/mol. The van der Waals surface area contributed by atoms with E-state index < -0.39 is 9.84 Å². The molecule has 0 aliphatic rings. The van der Waals surface area contributed by atoms with E-state index in [0.717, 1.165) is 56.2 Å². The van der Waals surface area contributed by atoms with E-state index in [1.165, 1.54) is 19.1 Å². The van der Waals surface area contributed by atoms with Crippen LogP contribution in [0.15, 0.2) is 28.1 Å². The SMILES string of the molecule is CCCN(CCC)CCCNC(=NCc1ccc(S(C)(=O)=O)c(C)c1)NCC.I. The molecule has 1 aromatic rings. The number of hydrogen-bond acceptors (Lipinski definition) is 4. The molecule has 0 heterocycles. The maximum atomic E-state index is 11.7. The van der Waals surface area contributed by atoms with Crippen LogP contribution in [0.4, 0.5) is 0 Å². The topological polar surface area (TPSA) is 73.8 Å². The van der Waals surface area contributed by atoms with E-state index in [0.29, 0.717) is 11.4 Å². The number of nitrogens with zero attached hydrogens (tertiary/aromatic N) is 2. The Morgan fingerprint density at radius 2 is 1.72 bits per heavy atom. The van der Waals surface area contributed by atoms with Gasteiger partial charge in [0.2, 0.25) is 0 Å². The summed E-state index contributed by atoms with van der Waals surface area (Å²) in [5.74, 6) is 0.796. The van der Waals surface area contributed by atoms with Crippen LogP contribution in [0.5, 0.6) is 0 Å². The quantitative estimate of drug-likeness (QED) is 0.184. The second-order valence-electron chi connectivity index (χ2n) is 7.19. The van der Waals surface area contributed by atoms with Crippen molar-refractivity contribution in [2.75, 3.05) is 39.0 Å². The van der Waals surface area contributed by atoms with Crippen molar-refractivity contribution in [1.82, 2.24) is 15.5 Å². The molecule has 2 N–H and O–H groups in total. The number of hydrogen-bond donors (Lipinski definition) is 2. The summed E-state index contributed by atoms with van der Waals surface area (Å²) in [5.41, 5.74) is 1.76. The van der Waals surface area contributed by atoms with Crippen molar-refractivity contribution in [2.45, 2.75) is 58.4 Å². The van der Waals surface area contributed by atoms with Crippen LogP contribution in [-0.4, -0.2) is 58.3 Å². The normalized spacial score (nSPS) is 12.0. The van der Waals surface area contributed by atoms with Gasteiger partial charge in [0, 0.05) is 19.3 Å². The summed E-state index contributed by atoms with van der Waals surface area (Å²) in [6.45, 7) is 13.9. The number of guanidine groups is 1. The minimum atomic E-state index is -3.19. The molecule has 1 aromatic carbocycles. The van der Waals surface area contributed by atoms with Crippen LogP contribution in [0, 0.1) is 6.92 Å². The number of nitrogens with one attached hydrogen (secondary N) is 2. The highest BCUT2D eigenvalue weighted by Crippen LogP contribution is 2.17. The molecule has 8 heteroatoms. The highest BCUT2D eigenvalue weighted by molar-refractivity contribution is 14.0. The van der Waals surface area contributed by atoms with Crippen molar-refractivity contribution in [1.29, 1.82) is 0 Å². The first-order valence-corrected chi connectivity index (χ1v) is 12.2. The molecule has 0 aliphatic heterocycles. The second-order valence-corrected chi connectivity index (χ2v) is 9.17. The van der Waals surface area contributed by atoms with Gasteiger partial charge in [-0.1, -0.05) is 26.0 Å². The fourth-order valence-corrected chi connectivity index (χ4v) is 4.17. The molecule has 1 rings (SSSR count). The molecular formula is C21H39IN4O2S. The molecule has 0 aromatic heterocycles. The zero-order valence-electron chi connectivity index (χ0n) is 18.6. The largest absolute Gasteiger partial charge is 0.357 e. The Labute approximate surface area is 194 Å². The molecule has 0 spiro atoms. The van der Waals surface area contributed by atoms with Gasteiger partial charge in [0.25, 0.3) is 0 Å². The third kappa shape index (κ3) is 11.2. The first kappa shape index (κ1) is 28.1. The smallest absolute Gasteiger partial charge is 0.191 e. The molecule has 0 saturated heterocycles. The highest BCUT2D eigenvalue weighted by atomic mass is 127. The van der Waals surface area contributed by atoms with E-state index in [9.17, 15) is 8.42 Å². The summed E-state index contributed by atoms with van der Waals surface area (Å²) >= 11 is 0. The van der Waals surface area contributed by atoms with Crippen molar-refractivity contribution in [2.24, 2.45) is 4.99 Å². The van der Waals surface area contributed by atoms with Gasteiger partial charge in [0.05, 0.1) is 11.4 Å². The minimum absolute atomic E-state index is 0.